The van der Waals surface area contributed by atoms with Crippen LogP contribution in [0, 0.1) is 5.92 Å². The van der Waals surface area contributed by atoms with Crippen LogP contribution in [0.15, 0.2) is 0 Å². The van der Waals surface area contributed by atoms with Crippen LogP contribution in [0.25, 0.3) is 0 Å². The lowest BCUT2D eigenvalue weighted by Crippen LogP contribution is -2.44. The molecule has 2 atom stereocenters. The van der Waals surface area contributed by atoms with Crippen molar-refractivity contribution in [3.63, 3.8) is 0 Å². The zero-order valence-corrected chi connectivity index (χ0v) is 8.95. The maximum absolute atomic E-state index is 11.8. The van der Waals surface area contributed by atoms with Gasteiger partial charge in [0.15, 0.2) is 0 Å². The number of rotatable bonds is 2. The van der Waals surface area contributed by atoms with E-state index >= 15 is 0 Å². The highest BCUT2D eigenvalue weighted by molar-refractivity contribution is 5.74. The molecular formula is C10H19N3O2. The number of nitrogens with zero attached hydrogens (tertiary/aromatic N) is 1. The van der Waals surface area contributed by atoms with E-state index in [0.717, 1.165) is 32.5 Å². The fourth-order valence-corrected chi connectivity index (χ4v) is 2.12. The van der Waals surface area contributed by atoms with Crippen LogP contribution in [0.1, 0.15) is 12.8 Å². The van der Waals surface area contributed by atoms with Crippen molar-refractivity contribution in [2.45, 2.75) is 18.9 Å². The van der Waals surface area contributed by atoms with E-state index in [1.807, 2.05) is 4.90 Å². The summed E-state index contributed by atoms with van der Waals surface area (Å²) >= 11 is 0. The molecule has 0 aliphatic carbocycles. The predicted octanol–water partition coefficient (Wildman–Crippen LogP) is -0.234. The summed E-state index contributed by atoms with van der Waals surface area (Å²) < 4.78 is 5.21. The first-order valence-electron chi connectivity index (χ1n) is 5.63. The van der Waals surface area contributed by atoms with E-state index in [2.05, 4.69) is 5.32 Å². The Morgan fingerprint density at radius 3 is 3.00 bits per heavy atom. The molecule has 0 bridgehead atoms. The molecule has 2 fully saturated rings. The summed E-state index contributed by atoms with van der Waals surface area (Å²) in [6.07, 6.45) is 1.96. The van der Waals surface area contributed by atoms with Gasteiger partial charge in [-0.2, -0.15) is 0 Å². The molecule has 0 spiro atoms. The number of carbonyl (C=O) groups is 1. The molecule has 2 aliphatic rings. The van der Waals surface area contributed by atoms with Crippen molar-refractivity contribution in [1.29, 1.82) is 0 Å². The van der Waals surface area contributed by atoms with Crippen LogP contribution in [0.2, 0.25) is 0 Å². The van der Waals surface area contributed by atoms with Crippen LogP contribution in [-0.2, 0) is 4.74 Å². The van der Waals surface area contributed by atoms with Gasteiger partial charge >= 0.3 is 6.03 Å². The summed E-state index contributed by atoms with van der Waals surface area (Å²) in [4.78, 5) is 13.6. The fourth-order valence-electron chi connectivity index (χ4n) is 2.12. The molecule has 2 heterocycles. The van der Waals surface area contributed by atoms with E-state index in [1.165, 1.54) is 0 Å². The topological polar surface area (TPSA) is 67.6 Å². The smallest absolute Gasteiger partial charge is 0.317 e. The maximum atomic E-state index is 11.8. The molecule has 0 aromatic rings. The first-order chi connectivity index (χ1) is 7.29. The lowest BCUT2D eigenvalue weighted by Gasteiger charge is -2.19. The maximum Gasteiger partial charge on any atom is 0.317 e. The van der Waals surface area contributed by atoms with Gasteiger partial charge in [-0.25, -0.2) is 4.79 Å². The highest BCUT2D eigenvalue weighted by Crippen LogP contribution is 2.15. The van der Waals surface area contributed by atoms with Gasteiger partial charge in [-0.1, -0.05) is 0 Å². The minimum atomic E-state index is 0.0430. The zero-order chi connectivity index (χ0) is 10.7. The number of nitrogens with two attached hydrogens (primary N) is 1. The second-order valence-electron chi connectivity index (χ2n) is 4.35. The number of likely N-dealkylation sites (tertiary alicyclic amines) is 1. The second kappa shape index (κ2) is 4.81. The number of ether oxygens (including phenoxy) is 1. The number of hydrogen-bond donors (Lipinski definition) is 2. The quantitative estimate of drug-likeness (QED) is 0.665. The molecule has 0 aromatic heterocycles. The van der Waals surface area contributed by atoms with E-state index in [4.69, 9.17) is 10.5 Å². The Labute approximate surface area is 89.9 Å². The van der Waals surface area contributed by atoms with E-state index in [0.29, 0.717) is 19.1 Å². The van der Waals surface area contributed by atoms with Crippen LogP contribution in [0.4, 0.5) is 4.79 Å². The van der Waals surface area contributed by atoms with Crippen LogP contribution in [-0.4, -0.2) is 49.8 Å². The molecule has 0 saturated carbocycles. The van der Waals surface area contributed by atoms with E-state index in [-0.39, 0.29) is 12.1 Å². The monoisotopic (exact) mass is 213 g/mol. The molecule has 5 heteroatoms. The third kappa shape index (κ3) is 2.60. The number of nitrogens with one attached hydrogen (secondary N) is 1. The standard InChI is InChI=1S/C10H19N3O2/c11-5-8-1-3-13(6-8)10(14)12-9-2-4-15-7-9/h8-9H,1-7,11H2,(H,12,14). The van der Waals surface area contributed by atoms with Gasteiger partial charge in [-0.3, -0.25) is 0 Å². The Balaban J connectivity index is 1.76. The molecule has 2 aliphatic heterocycles. The minimum absolute atomic E-state index is 0.0430. The van der Waals surface area contributed by atoms with Gasteiger partial charge < -0.3 is 20.7 Å². The average molecular weight is 213 g/mol. The normalized spacial score (nSPS) is 30.9. The van der Waals surface area contributed by atoms with Gasteiger partial charge in [-0.05, 0) is 25.3 Å². The van der Waals surface area contributed by atoms with Crippen LogP contribution >= 0.6 is 0 Å². The van der Waals surface area contributed by atoms with Gasteiger partial charge in [0.25, 0.3) is 0 Å². The molecule has 2 unspecified atom stereocenters. The molecule has 86 valence electrons. The van der Waals surface area contributed by atoms with Crippen molar-refractivity contribution in [2.75, 3.05) is 32.8 Å². The summed E-state index contributed by atoms with van der Waals surface area (Å²) in [6.45, 7) is 3.73. The predicted molar refractivity (Wildman–Crippen MR) is 56.5 cm³/mol. The summed E-state index contributed by atoms with van der Waals surface area (Å²) in [7, 11) is 0. The second-order valence-corrected chi connectivity index (χ2v) is 4.35. The molecule has 2 amide bonds. The molecule has 15 heavy (non-hydrogen) atoms. The molecule has 0 radical (unpaired) electrons. The van der Waals surface area contributed by atoms with Gasteiger partial charge in [0.1, 0.15) is 0 Å². The van der Waals surface area contributed by atoms with Crippen molar-refractivity contribution in [2.24, 2.45) is 11.7 Å². The SMILES string of the molecule is NCC1CCN(C(=O)NC2CCOC2)C1. The van der Waals surface area contributed by atoms with E-state index in [9.17, 15) is 4.79 Å². The van der Waals surface area contributed by atoms with Crippen molar-refractivity contribution >= 4 is 6.03 Å². The average Bonchev–Trinajstić information content (AvgIpc) is 2.86. The fraction of sp³-hybridized carbons (Fsp3) is 0.900. The molecule has 0 aromatic carbocycles. The van der Waals surface area contributed by atoms with Gasteiger partial charge in [0, 0.05) is 19.7 Å². The minimum Gasteiger partial charge on any atom is -0.379 e. The molecule has 5 nitrogen and oxygen atoms in total. The molecule has 2 saturated heterocycles. The van der Waals surface area contributed by atoms with Crippen molar-refractivity contribution in [1.82, 2.24) is 10.2 Å². The van der Waals surface area contributed by atoms with Crippen molar-refractivity contribution in [3.05, 3.63) is 0 Å². The van der Waals surface area contributed by atoms with E-state index < -0.39 is 0 Å². The van der Waals surface area contributed by atoms with Crippen molar-refractivity contribution in [3.8, 4) is 0 Å². The first kappa shape index (κ1) is 10.7. The number of hydrogen-bond acceptors (Lipinski definition) is 3. The van der Waals surface area contributed by atoms with Gasteiger partial charge in [0.2, 0.25) is 0 Å². The summed E-state index contributed by atoms with van der Waals surface area (Å²) in [5.74, 6) is 0.482. The Morgan fingerprint density at radius 1 is 1.53 bits per heavy atom. The Hall–Kier alpha value is -0.810. The van der Waals surface area contributed by atoms with Gasteiger partial charge in [-0.15, -0.1) is 0 Å². The summed E-state index contributed by atoms with van der Waals surface area (Å²) in [5, 5.41) is 2.99. The number of urea groups is 1. The highest BCUT2D eigenvalue weighted by atomic mass is 16.5. The number of amides is 2. The number of carbonyl (C=O) groups excluding carboxylic acids is 1. The lowest BCUT2D eigenvalue weighted by molar-refractivity contribution is 0.181. The molecule has 2 rings (SSSR count). The van der Waals surface area contributed by atoms with Crippen LogP contribution in [0.5, 0.6) is 0 Å². The van der Waals surface area contributed by atoms with Crippen molar-refractivity contribution < 1.29 is 9.53 Å². The highest BCUT2D eigenvalue weighted by Gasteiger charge is 2.27. The summed E-state index contributed by atoms with van der Waals surface area (Å²) in [5.41, 5.74) is 5.58. The summed E-state index contributed by atoms with van der Waals surface area (Å²) in [6, 6.07) is 0.246. The third-order valence-electron chi connectivity index (χ3n) is 3.16. The lowest BCUT2D eigenvalue weighted by atomic mass is 10.1. The molecular weight excluding hydrogens is 194 g/mol. The Bertz CT molecular complexity index is 229. The zero-order valence-electron chi connectivity index (χ0n) is 8.95. The largest absolute Gasteiger partial charge is 0.379 e. The van der Waals surface area contributed by atoms with Crippen LogP contribution in [0.3, 0.4) is 0 Å². The Morgan fingerprint density at radius 2 is 2.40 bits per heavy atom. The van der Waals surface area contributed by atoms with Gasteiger partial charge in [0.05, 0.1) is 12.6 Å². The third-order valence-corrected chi connectivity index (χ3v) is 3.16. The van der Waals surface area contributed by atoms with E-state index in [1.54, 1.807) is 0 Å². The molecule has 3 N–H and O–H groups in total. The first-order valence-corrected chi connectivity index (χ1v) is 5.63. The Kier molecular flexibility index (Phi) is 3.43. The van der Waals surface area contributed by atoms with Crippen LogP contribution < -0.4 is 11.1 Å².